The van der Waals surface area contributed by atoms with Crippen molar-refractivity contribution in [3.05, 3.63) is 45.0 Å². The highest BCUT2D eigenvalue weighted by molar-refractivity contribution is 6.07. The molecule has 166 valence electrons. The Hall–Kier alpha value is -2.60. The second-order valence-electron chi connectivity index (χ2n) is 10.7. The van der Waals surface area contributed by atoms with Crippen LogP contribution in [0.2, 0.25) is 0 Å². The Kier molecular flexibility index (Phi) is 5.04. The smallest absolute Gasteiger partial charge is 0.340 e. The third-order valence-electron chi connectivity index (χ3n) is 6.50. The average molecular weight is 426 g/mol. The summed E-state index contributed by atoms with van der Waals surface area (Å²) in [6.45, 7) is 14.7. The summed E-state index contributed by atoms with van der Waals surface area (Å²) in [5.41, 5.74) is 4.04. The monoisotopic (exact) mass is 425 g/mol. The number of furan rings is 1. The number of rotatable bonds is 3. The molecule has 0 unspecified atom stereocenters. The molecule has 0 spiro atoms. The number of fused-ring (bicyclic) bond motifs is 3. The minimum absolute atomic E-state index is 0.000237. The summed E-state index contributed by atoms with van der Waals surface area (Å²) in [5.74, 6) is -0.146. The third-order valence-corrected chi connectivity index (χ3v) is 6.50. The van der Waals surface area contributed by atoms with Gasteiger partial charge in [0, 0.05) is 24.3 Å². The molecule has 0 saturated carbocycles. The van der Waals surface area contributed by atoms with Gasteiger partial charge >= 0.3 is 5.63 Å². The summed E-state index contributed by atoms with van der Waals surface area (Å²) in [5, 5.41) is 7.35. The molecule has 6 heteroatoms. The van der Waals surface area contributed by atoms with Crippen molar-refractivity contribution in [1.82, 2.24) is 5.32 Å². The number of aryl methyl sites for hydroxylation is 3. The lowest BCUT2D eigenvalue weighted by molar-refractivity contribution is -0.787. The Labute approximate surface area is 182 Å². The molecule has 1 aromatic carbocycles. The Balaban J connectivity index is 1.67. The van der Waals surface area contributed by atoms with Gasteiger partial charge in [-0.1, -0.05) is 0 Å². The largest absolute Gasteiger partial charge is 0.463 e. The maximum Gasteiger partial charge on any atom is 0.340 e. The zero-order valence-corrected chi connectivity index (χ0v) is 19.6. The molecule has 3 aromatic rings. The molecule has 0 atom stereocenters. The number of amides is 1. The number of hydrogen-bond donors (Lipinski definition) is 2. The van der Waals surface area contributed by atoms with Gasteiger partial charge in [0.1, 0.15) is 11.2 Å². The number of nitrogens with one attached hydrogen (secondary N) is 1. The molecular weight excluding hydrogens is 392 g/mol. The fraction of sp³-hybridized carbons (Fsp3) is 0.520. The molecule has 0 aliphatic carbocycles. The molecule has 1 fully saturated rings. The van der Waals surface area contributed by atoms with Gasteiger partial charge in [-0.3, -0.25) is 4.79 Å². The predicted octanol–water partition coefficient (Wildman–Crippen LogP) is 3.41. The number of quaternary nitrogens is 1. The summed E-state index contributed by atoms with van der Waals surface area (Å²) in [6, 6.07) is 1.96. The molecule has 2 aromatic heterocycles. The molecule has 1 aliphatic heterocycles. The molecule has 1 amide bonds. The summed E-state index contributed by atoms with van der Waals surface area (Å²) in [4.78, 5) is 25.7. The lowest BCUT2D eigenvalue weighted by Gasteiger charge is -2.43. The van der Waals surface area contributed by atoms with E-state index in [9.17, 15) is 9.59 Å². The van der Waals surface area contributed by atoms with E-state index in [0.717, 1.165) is 40.3 Å². The number of piperidine rings is 1. The molecule has 4 rings (SSSR count). The summed E-state index contributed by atoms with van der Waals surface area (Å²) in [6.07, 6.45) is 3.50. The molecular formula is C25H33N2O4+. The molecule has 1 aliphatic rings. The molecule has 3 heterocycles. The molecule has 0 radical (unpaired) electrons. The summed E-state index contributed by atoms with van der Waals surface area (Å²) in [7, 11) is 0. The highest BCUT2D eigenvalue weighted by Gasteiger charge is 2.42. The number of nitrogens with two attached hydrogens (primary N) is 1. The van der Waals surface area contributed by atoms with Gasteiger partial charge in [-0.15, -0.1) is 0 Å². The van der Waals surface area contributed by atoms with Crippen LogP contribution in [-0.4, -0.2) is 23.0 Å². The first-order valence-electron chi connectivity index (χ1n) is 11.0. The zero-order chi connectivity index (χ0) is 22.7. The van der Waals surface area contributed by atoms with Gasteiger partial charge in [-0.2, -0.15) is 0 Å². The second-order valence-corrected chi connectivity index (χ2v) is 10.7. The standard InChI is InChI=1S/C25H32N2O4/c1-13-8-18-21(22-20(13)14(2)12-30-22)15(3)17(23(29)31-18)9-19(28)26-16-10-24(4,5)27-25(6,7)11-16/h8,12,16,27H,9-11H2,1-7H3,(H,26,28)/p+1. The predicted molar refractivity (Wildman–Crippen MR) is 121 cm³/mol. The minimum Gasteiger partial charge on any atom is -0.463 e. The van der Waals surface area contributed by atoms with Crippen LogP contribution < -0.4 is 16.3 Å². The minimum atomic E-state index is -0.459. The van der Waals surface area contributed by atoms with E-state index in [1.54, 1.807) is 6.26 Å². The van der Waals surface area contributed by atoms with E-state index >= 15 is 0 Å². The third kappa shape index (κ3) is 4.01. The first-order valence-corrected chi connectivity index (χ1v) is 11.0. The fourth-order valence-electron chi connectivity index (χ4n) is 5.74. The highest BCUT2D eigenvalue weighted by atomic mass is 16.4. The van der Waals surface area contributed by atoms with Crippen LogP contribution in [0.25, 0.3) is 21.9 Å². The van der Waals surface area contributed by atoms with E-state index in [4.69, 9.17) is 8.83 Å². The van der Waals surface area contributed by atoms with Crippen LogP contribution in [0.4, 0.5) is 0 Å². The number of carbonyl (C=O) groups excluding carboxylic acids is 1. The van der Waals surface area contributed by atoms with E-state index in [2.05, 4.69) is 38.3 Å². The average Bonchev–Trinajstić information content (AvgIpc) is 2.97. The van der Waals surface area contributed by atoms with Crippen LogP contribution in [0.15, 0.2) is 26.0 Å². The Bertz CT molecular complexity index is 1230. The van der Waals surface area contributed by atoms with E-state index in [0.29, 0.717) is 16.7 Å². The normalized spacial score (nSPS) is 18.5. The van der Waals surface area contributed by atoms with Gasteiger partial charge in [0.25, 0.3) is 0 Å². The van der Waals surface area contributed by atoms with E-state index in [1.165, 1.54) is 0 Å². The van der Waals surface area contributed by atoms with Crippen LogP contribution >= 0.6 is 0 Å². The van der Waals surface area contributed by atoms with Crippen LogP contribution in [0.5, 0.6) is 0 Å². The summed E-state index contributed by atoms with van der Waals surface area (Å²) < 4.78 is 11.5. The Morgan fingerprint density at radius 2 is 1.74 bits per heavy atom. The quantitative estimate of drug-likeness (QED) is 0.630. The maximum atomic E-state index is 12.9. The van der Waals surface area contributed by atoms with Crippen LogP contribution in [0, 0.1) is 20.8 Å². The van der Waals surface area contributed by atoms with Crippen LogP contribution in [0.3, 0.4) is 0 Å². The van der Waals surface area contributed by atoms with Gasteiger partial charge in [0.05, 0.1) is 34.7 Å². The number of hydrogen-bond acceptors (Lipinski definition) is 4. The van der Waals surface area contributed by atoms with Crippen molar-refractivity contribution in [2.24, 2.45) is 0 Å². The Morgan fingerprint density at radius 3 is 2.39 bits per heavy atom. The Morgan fingerprint density at radius 1 is 1.10 bits per heavy atom. The second kappa shape index (κ2) is 7.23. The van der Waals surface area contributed by atoms with Gasteiger partial charge in [0.2, 0.25) is 5.91 Å². The van der Waals surface area contributed by atoms with Crippen LogP contribution in [0.1, 0.15) is 62.8 Å². The van der Waals surface area contributed by atoms with E-state index in [1.807, 2.05) is 26.8 Å². The van der Waals surface area contributed by atoms with Gasteiger partial charge < -0.3 is 19.5 Å². The van der Waals surface area contributed by atoms with Crippen molar-refractivity contribution in [3.8, 4) is 0 Å². The van der Waals surface area contributed by atoms with Gasteiger partial charge in [-0.25, -0.2) is 4.79 Å². The van der Waals surface area contributed by atoms with Gasteiger partial charge in [-0.05, 0) is 71.2 Å². The van der Waals surface area contributed by atoms with Crippen molar-refractivity contribution < 1.29 is 18.9 Å². The fourth-order valence-corrected chi connectivity index (χ4v) is 5.74. The lowest BCUT2D eigenvalue weighted by atomic mass is 9.79. The van der Waals surface area contributed by atoms with Crippen molar-refractivity contribution in [3.63, 3.8) is 0 Å². The molecule has 6 nitrogen and oxygen atoms in total. The zero-order valence-electron chi connectivity index (χ0n) is 19.6. The first-order chi connectivity index (χ1) is 14.4. The number of carbonyl (C=O) groups is 1. The highest BCUT2D eigenvalue weighted by Crippen LogP contribution is 2.34. The van der Waals surface area contributed by atoms with Crippen molar-refractivity contribution in [2.75, 3.05) is 0 Å². The van der Waals surface area contributed by atoms with Crippen molar-refractivity contribution in [1.29, 1.82) is 0 Å². The SMILES string of the molecule is Cc1coc2c1c(C)cc1oc(=O)c(CC(=O)NC3CC(C)(C)[NH2+]C(C)(C)C3)c(C)c12. The van der Waals surface area contributed by atoms with Crippen molar-refractivity contribution >= 4 is 27.8 Å². The van der Waals surface area contributed by atoms with Crippen molar-refractivity contribution in [2.45, 2.75) is 84.8 Å². The van der Waals surface area contributed by atoms with Gasteiger partial charge in [0.15, 0.2) is 0 Å². The maximum absolute atomic E-state index is 12.9. The van der Waals surface area contributed by atoms with Crippen LogP contribution in [-0.2, 0) is 11.2 Å². The molecule has 1 saturated heterocycles. The first kappa shape index (κ1) is 21.6. The van der Waals surface area contributed by atoms with E-state index < -0.39 is 5.63 Å². The molecule has 31 heavy (non-hydrogen) atoms. The topological polar surface area (TPSA) is 89.1 Å². The lowest BCUT2D eigenvalue weighted by Crippen LogP contribution is -3.06. The number of benzene rings is 1. The molecule has 3 N–H and O–H groups in total. The summed E-state index contributed by atoms with van der Waals surface area (Å²) >= 11 is 0. The molecule has 0 bridgehead atoms. The van der Waals surface area contributed by atoms with E-state index in [-0.39, 0.29) is 29.4 Å².